The molecule has 0 aliphatic heterocycles. The zero-order valence-electron chi connectivity index (χ0n) is 23.5. The van der Waals surface area contributed by atoms with Crippen LogP contribution in [0, 0.1) is 0 Å². The largest absolute Gasteiger partial charge is 0.504 e. The van der Waals surface area contributed by atoms with Gasteiger partial charge in [0.05, 0.1) is 5.56 Å². The van der Waals surface area contributed by atoms with E-state index in [1.54, 1.807) is 27.7 Å². The van der Waals surface area contributed by atoms with Gasteiger partial charge in [-0.15, -0.1) is 0 Å². The maximum absolute atomic E-state index is 14.1. The molecule has 0 spiro atoms. The van der Waals surface area contributed by atoms with Crippen LogP contribution in [0.2, 0.25) is 0 Å². The average molecular weight is 561 g/mol. The van der Waals surface area contributed by atoms with E-state index in [0.717, 1.165) is 13.0 Å². The van der Waals surface area contributed by atoms with E-state index in [2.05, 4.69) is 0 Å². The van der Waals surface area contributed by atoms with Crippen molar-refractivity contribution in [3.05, 3.63) is 67.3 Å². The molecule has 0 atom stereocenters. The number of aromatic hydroxyl groups is 3. The fourth-order valence-corrected chi connectivity index (χ4v) is 5.61. The Labute approximate surface area is 234 Å². The van der Waals surface area contributed by atoms with Gasteiger partial charge in [0.15, 0.2) is 52.4 Å². The van der Waals surface area contributed by atoms with Gasteiger partial charge in [0.25, 0.3) is 0 Å². The lowest BCUT2D eigenvalue weighted by molar-refractivity contribution is -0.132. The van der Waals surface area contributed by atoms with E-state index in [0.29, 0.717) is 0 Å². The molecule has 0 radical (unpaired) electrons. The lowest BCUT2D eigenvalue weighted by Gasteiger charge is -2.29. The molecule has 2 aromatic carbocycles. The molecule has 2 aliphatic rings. The zero-order chi connectivity index (χ0) is 30.8. The molecule has 4 rings (SSSR count). The van der Waals surface area contributed by atoms with Crippen molar-refractivity contribution >= 4 is 35.4 Å². The molecule has 10 heteroatoms. The van der Waals surface area contributed by atoms with Crippen molar-refractivity contribution in [1.82, 2.24) is 0 Å². The number of esters is 1. The highest BCUT2D eigenvalue weighted by atomic mass is 16.5. The maximum Gasteiger partial charge on any atom is 0.308 e. The number of hydrogen-bond donors (Lipinski definition) is 3. The van der Waals surface area contributed by atoms with Crippen LogP contribution < -0.4 is 4.74 Å². The molecule has 0 aromatic heterocycles. The normalized spacial score (nSPS) is 15.1. The van der Waals surface area contributed by atoms with Crippen LogP contribution in [-0.2, 0) is 4.79 Å². The molecule has 0 amide bonds. The molecular formula is C31H28O10. The summed E-state index contributed by atoms with van der Waals surface area (Å²) >= 11 is 0. The smallest absolute Gasteiger partial charge is 0.308 e. The average Bonchev–Trinajstić information content (AvgIpc) is 2.88. The predicted molar refractivity (Wildman–Crippen MR) is 145 cm³/mol. The molecule has 0 unspecified atom stereocenters. The minimum atomic E-state index is -0.958. The van der Waals surface area contributed by atoms with Gasteiger partial charge in [0.1, 0.15) is 0 Å². The van der Waals surface area contributed by atoms with E-state index >= 15 is 0 Å². The molecular weight excluding hydrogens is 532 g/mol. The Balaban J connectivity index is 2.06. The van der Waals surface area contributed by atoms with Crippen LogP contribution in [-0.4, -0.2) is 50.7 Å². The van der Waals surface area contributed by atoms with Crippen molar-refractivity contribution < 1.29 is 48.8 Å². The number of phenolic OH excluding ortho intramolecular Hbond substituents is 3. The summed E-state index contributed by atoms with van der Waals surface area (Å²) in [6.07, 6.45) is 0.134. The molecule has 0 heterocycles. The summed E-state index contributed by atoms with van der Waals surface area (Å²) in [4.78, 5) is 79.3. The number of phenols is 3. The fourth-order valence-electron chi connectivity index (χ4n) is 5.61. The van der Waals surface area contributed by atoms with Gasteiger partial charge in [-0.05, 0) is 31.7 Å². The van der Waals surface area contributed by atoms with Crippen molar-refractivity contribution in [2.24, 2.45) is 0 Å². The summed E-state index contributed by atoms with van der Waals surface area (Å²) in [7, 11) is 0. The van der Waals surface area contributed by atoms with E-state index < -0.39 is 80.5 Å². The number of ether oxygens (including phenoxy) is 1. The SMILES string of the molecule is CC(=O)Oc1c(O)cc2c(c1C(C)C)C(=O)C(C)=C(C1=C(C)C(=O)c3c(c(C=O)c(O)c(O)c3C(C)C)C1=O)C2=O. The Morgan fingerprint density at radius 3 is 1.76 bits per heavy atom. The van der Waals surface area contributed by atoms with E-state index in [1.807, 2.05) is 0 Å². The van der Waals surface area contributed by atoms with Crippen molar-refractivity contribution in [3.63, 3.8) is 0 Å². The summed E-state index contributed by atoms with van der Waals surface area (Å²) < 4.78 is 5.18. The third-order valence-electron chi connectivity index (χ3n) is 7.40. The highest BCUT2D eigenvalue weighted by molar-refractivity contribution is 6.38. The number of carbonyl (C=O) groups excluding carboxylic acids is 6. The van der Waals surface area contributed by atoms with Gasteiger partial charge in [-0.25, -0.2) is 0 Å². The van der Waals surface area contributed by atoms with Crippen LogP contribution in [0.15, 0.2) is 28.4 Å². The first kappa shape index (κ1) is 29.1. The first-order valence-corrected chi connectivity index (χ1v) is 12.8. The lowest BCUT2D eigenvalue weighted by atomic mass is 9.71. The number of carbonyl (C=O) groups is 6. The Morgan fingerprint density at radius 2 is 1.27 bits per heavy atom. The molecule has 2 aromatic rings. The molecule has 0 saturated carbocycles. The maximum atomic E-state index is 14.1. The van der Waals surface area contributed by atoms with Crippen molar-refractivity contribution in [2.45, 2.75) is 60.3 Å². The van der Waals surface area contributed by atoms with Gasteiger partial charge in [0.2, 0.25) is 0 Å². The summed E-state index contributed by atoms with van der Waals surface area (Å²) in [5.74, 6) is -7.46. The second-order valence-corrected chi connectivity index (χ2v) is 10.7. The zero-order valence-corrected chi connectivity index (χ0v) is 23.5. The summed E-state index contributed by atoms with van der Waals surface area (Å²) in [6, 6.07) is 0.975. The molecule has 10 nitrogen and oxygen atoms in total. The first-order chi connectivity index (χ1) is 19.1. The van der Waals surface area contributed by atoms with Gasteiger partial charge in [-0.2, -0.15) is 0 Å². The van der Waals surface area contributed by atoms with Crippen LogP contribution in [0.5, 0.6) is 23.0 Å². The molecule has 212 valence electrons. The highest BCUT2D eigenvalue weighted by Crippen LogP contribution is 2.48. The lowest BCUT2D eigenvalue weighted by Crippen LogP contribution is -2.31. The van der Waals surface area contributed by atoms with Gasteiger partial charge >= 0.3 is 5.97 Å². The summed E-state index contributed by atoms with van der Waals surface area (Å²) in [5.41, 5.74) is -2.84. The van der Waals surface area contributed by atoms with E-state index in [1.165, 1.54) is 13.8 Å². The highest BCUT2D eigenvalue weighted by Gasteiger charge is 2.44. The third kappa shape index (κ3) is 4.09. The first-order valence-electron chi connectivity index (χ1n) is 12.8. The van der Waals surface area contributed by atoms with Gasteiger partial charge in [0, 0.05) is 62.6 Å². The van der Waals surface area contributed by atoms with Crippen LogP contribution >= 0.6 is 0 Å². The van der Waals surface area contributed by atoms with E-state index in [-0.39, 0.29) is 51.0 Å². The number of benzene rings is 2. The number of hydrogen-bond acceptors (Lipinski definition) is 10. The summed E-state index contributed by atoms with van der Waals surface area (Å²) in [6.45, 7) is 10.3. The van der Waals surface area contributed by atoms with Crippen molar-refractivity contribution in [3.8, 4) is 23.0 Å². The van der Waals surface area contributed by atoms with Crippen molar-refractivity contribution in [2.75, 3.05) is 0 Å². The summed E-state index contributed by atoms with van der Waals surface area (Å²) in [5, 5.41) is 31.9. The predicted octanol–water partition coefficient (Wildman–Crippen LogP) is 4.88. The number of aldehydes is 1. The second kappa shape index (κ2) is 9.96. The van der Waals surface area contributed by atoms with Gasteiger partial charge in [-0.3, -0.25) is 28.8 Å². The molecule has 41 heavy (non-hydrogen) atoms. The van der Waals surface area contributed by atoms with Crippen LogP contribution in [0.3, 0.4) is 0 Å². The minimum absolute atomic E-state index is 0.0357. The number of rotatable bonds is 5. The van der Waals surface area contributed by atoms with Crippen LogP contribution in [0.4, 0.5) is 0 Å². The number of allylic oxidation sites excluding steroid dienone is 4. The number of ketones is 4. The van der Waals surface area contributed by atoms with Crippen LogP contribution in [0.25, 0.3) is 0 Å². The van der Waals surface area contributed by atoms with Crippen LogP contribution in [0.1, 0.15) is 123 Å². The molecule has 0 bridgehead atoms. The number of Topliss-reactive ketones (excluding diaryl/α,β-unsaturated/α-hetero) is 4. The molecule has 0 saturated heterocycles. The minimum Gasteiger partial charge on any atom is -0.504 e. The quantitative estimate of drug-likeness (QED) is 0.198. The molecule has 2 aliphatic carbocycles. The monoisotopic (exact) mass is 560 g/mol. The molecule has 3 N–H and O–H groups in total. The topological polar surface area (TPSA) is 172 Å². The number of fused-ring (bicyclic) bond motifs is 2. The van der Waals surface area contributed by atoms with E-state index in [9.17, 15) is 44.1 Å². The van der Waals surface area contributed by atoms with E-state index in [4.69, 9.17) is 4.74 Å². The third-order valence-corrected chi connectivity index (χ3v) is 7.40. The Bertz CT molecular complexity index is 1710. The standard InChI is InChI=1S/C31H28O10/c1-10(2)18-24-23(16(9-32)28(38)30(18)40)29(39)21(13(6)26(24)36)20-12(5)25(35)22-15(27(20)37)8-17(34)31(41-14(7)33)19(22)11(3)4/h8-11,34,38,40H,1-7H3. The second-order valence-electron chi connectivity index (χ2n) is 10.7. The Hall–Kier alpha value is -4.86. The van der Waals surface area contributed by atoms with Crippen molar-refractivity contribution in [1.29, 1.82) is 0 Å². The molecule has 0 fully saturated rings. The van der Waals surface area contributed by atoms with Gasteiger partial charge in [-0.1, -0.05) is 27.7 Å². The Kier molecular flexibility index (Phi) is 7.07. The fraction of sp³-hybridized carbons (Fsp3) is 0.290. The Morgan fingerprint density at radius 1 is 0.756 bits per heavy atom. The van der Waals surface area contributed by atoms with Gasteiger partial charge < -0.3 is 20.1 Å².